The Morgan fingerprint density at radius 2 is 1.55 bits per heavy atom. The highest BCUT2D eigenvalue weighted by Crippen LogP contribution is 2.21. The Labute approximate surface area is 132 Å². The third-order valence-corrected chi connectivity index (χ3v) is 3.31. The summed E-state index contributed by atoms with van der Waals surface area (Å²) in [5.41, 5.74) is 5.24. The van der Waals surface area contributed by atoms with E-state index in [0.717, 1.165) is 0 Å². The molecule has 0 amide bonds. The molecule has 1 atom stereocenters. The van der Waals surface area contributed by atoms with Gasteiger partial charge in [0.2, 0.25) is 0 Å². The summed E-state index contributed by atoms with van der Waals surface area (Å²) in [6.45, 7) is 0.457. The van der Waals surface area contributed by atoms with Gasteiger partial charge in [0.15, 0.2) is 0 Å². The van der Waals surface area contributed by atoms with Crippen molar-refractivity contribution in [2.24, 2.45) is 0 Å². The number of hydrogen-bond acceptors (Lipinski definition) is 3. The molecule has 114 valence electrons. The normalized spacial score (nSPS) is 11.6. The number of aliphatic hydroxyl groups excluding tert-OH is 1. The van der Waals surface area contributed by atoms with Gasteiger partial charge in [0.05, 0.1) is 12.1 Å². The second-order valence-electron chi connectivity index (χ2n) is 5.00. The molecule has 0 spiro atoms. The summed E-state index contributed by atoms with van der Waals surface area (Å²) in [6, 6.07) is 20.5. The van der Waals surface area contributed by atoms with Crippen molar-refractivity contribution in [3.63, 3.8) is 0 Å². The van der Waals surface area contributed by atoms with Gasteiger partial charge < -0.3 is 15.7 Å². The minimum absolute atomic E-state index is 0.0544. The third kappa shape index (κ3) is 4.90. The van der Waals surface area contributed by atoms with E-state index in [4.69, 9.17) is 0 Å². The van der Waals surface area contributed by atoms with E-state index in [0.29, 0.717) is 6.54 Å². The van der Waals surface area contributed by atoms with Gasteiger partial charge in [-0.1, -0.05) is 60.7 Å². The van der Waals surface area contributed by atoms with Crippen molar-refractivity contribution >= 4 is 0 Å². The van der Waals surface area contributed by atoms with E-state index in [1.807, 2.05) is 36.4 Å². The van der Waals surface area contributed by atoms with Gasteiger partial charge in [-0.05, 0) is 17.2 Å². The molecule has 0 saturated carbocycles. The van der Waals surface area contributed by atoms with Crippen LogP contribution in [0.25, 0.3) is 0 Å². The van der Waals surface area contributed by atoms with E-state index in [1.54, 1.807) is 19.3 Å². The molecule has 0 fully saturated rings. The van der Waals surface area contributed by atoms with Crippen LogP contribution in [0.15, 0.2) is 78.7 Å². The summed E-state index contributed by atoms with van der Waals surface area (Å²) in [5, 5.41) is 16.3. The highest BCUT2D eigenvalue weighted by Gasteiger charge is 2.13. The lowest BCUT2D eigenvalue weighted by atomic mass is 9.98. The monoisotopic (exact) mass is 294 g/mol. The lowest BCUT2D eigenvalue weighted by Crippen LogP contribution is -2.30. The first-order chi connectivity index (χ1) is 10.8. The van der Waals surface area contributed by atoms with Crippen molar-refractivity contribution in [3.05, 3.63) is 89.8 Å². The van der Waals surface area contributed by atoms with E-state index in [2.05, 4.69) is 40.6 Å². The zero-order valence-electron chi connectivity index (χ0n) is 12.7. The molecule has 2 aromatic carbocycles. The summed E-state index contributed by atoms with van der Waals surface area (Å²) in [7, 11) is 1.80. The number of rotatable bonds is 7. The van der Waals surface area contributed by atoms with E-state index in [9.17, 15) is 5.11 Å². The molecule has 0 aliphatic carbocycles. The summed E-state index contributed by atoms with van der Waals surface area (Å²) < 4.78 is 0. The summed E-state index contributed by atoms with van der Waals surface area (Å²) in [5.74, 6) is 0. The minimum atomic E-state index is -0.584. The molecule has 3 N–H and O–H groups in total. The zero-order valence-corrected chi connectivity index (χ0v) is 12.7. The van der Waals surface area contributed by atoms with Crippen LogP contribution < -0.4 is 10.6 Å². The van der Waals surface area contributed by atoms with Gasteiger partial charge >= 0.3 is 0 Å². The minimum Gasteiger partial charge on any atom is -0.388 e. The summed E-state index contributed by atoms with van der Waals surface area (Å²) >= 11 is 0. The molecule has 3 heteroatoms. The molecule has 2 rings (SSSR count). The van der Waals surface area contributed by atoms with E-state index >= 15 is 0 Å². The van der Waals surface area contributed by atoms with Crippen LogP contribution in [0.4, 0.5) is 0 Å². The highest BCUT2D eigenvalue weighted by atomic mass is 16.3. The predicted octanol–water partition coefficient (Wildman–Crippen LogP) is 2.61. The van der Waals surface area contributed by atoms with Crippen molar-refractivity contribution in [2.75, 3.05) is 13.6 Å². The molecular formula is C19H22N2O. The lowest BCUT2D eigenvalue weighted by Gasteiger charge is -2.20. The molecule has 3 nitrogen and oxygen atoms in total. The standard InChI is InChI=1S/C19H22N2O/c1-20-14-8-13-18(22)15-21-19(16-9-4-2-5-10-16)17-11-6-3-7-12-17/h2-7,9-14,18-22H,15H2,1H3. The molecule has 0 aliphatic rings. The Morgan fingerprint density at radius 3 is 2.05 bits per heavy atom. The molecule has 0 radical (unpaired) electrons. The highest BCUT2D eigenvalue weighted by molar-refractivity contribution is 5.31. The fourth-order valence-electron chi connectivity index (χ4n) is 2.26. The topological polar surface area (TPSA) is 44.3 Å². The number of aliphatic hydroxyl groups is 1. The van der Waals surface area contributed by atoms with Gasteiger partial charge in [-0.3, -0.25) is 0 Å². The van der Waals surface area contributed by atoms with E-state index in [-0.39, 0.29) is 6.04 Å². The van der Waals surface area contributed by atoms with Crippen molar-refractivity contribution < 1.29 is 5.11 Å². The van der Waals surface area contributed by atoms with Crippen molar-refractivity contribution in [3.8, 4) is 0 Å². The molecule has 0 saturated heterocycles. The molecule has 1 unspecified atom stereocenters. The van der Waals surface area contributed by atoms with E-state index in [1.165, 1.54) is 11.1 Å². The smallest absolute Gasteiger partial charge is 0.0919 e. The van der Waals surface area contributed by atoms with Crippen molar-refractivity contribution in [1.82, 2.24) is 10.6 Å². The van der Waals surface area contributed by atoms with Gasteiger partial charge in [-0.15, -0.1) is 5.73 Å². The Morgan fingerprint density at radius 1 is 1.00 bits per heavy atom. The first-order valence-corrected chi connectivity index (χ1v) is 7.41. The summed E-state index contributed by atoms with van der Waals surface area (Å²) in [4.78, 5) is 0. The van der Waals surface area contributed by atoms with Crippen LogP contribution >= 0.6 is 0 Å². The molecular weight excluding hydrogens is 272 g/mol. The maximum atomic E-state index is 9.99. The van der Waals surface area contributed by atoms with Crippen LogP contribution in [-0.4, -0.2) is 24.8 Å². The summed E-state index contributed by atoms with van der Waals surface area (Å²) in [6.07, 6.45) is 2.71. The zero-order chi connectivity index (χ0) is 15.6. The fourth-order valence-corrected chi connectivity index (χ4v) is 2.26. The maximum Gasteiger partial charge on any atom is 0.0919 e. The lowest BCUT2D eigenvalue weighted by molar-refractivity contribution is 0.215. The second kappa shape index (κ2) is 8.85. The molecule has 2 aromatic rings. The molecule has 22 heavy (non-hydrogen) atoms. The first-order valence-electron chi connectivity index (χ1n) is 7.41. The Balaban J connectivity index is 2.11. The maximum absolute atomic E-state index is 9.99. The average molecular weight is 294 g/mol. The predicted molar refractivity (Wildman–Crippen MR) is 90.4 cm³/mol. The number of benzene rings is 2. The van der Waals surface area contributed by atoms with Crippen LogP contribution in [0, 0.1) is 0 Å². The molecule has 0 aromatic heterocycles. The number of hydrogen-bond donors (Lipinski definition) is 3. The Bertz CT molecular complexity index is 564. The van der Waals surface area contributed by atoms with Crippen LogP contribution in [0.2, 0.25) is 0 Å². The second-order valence-corrected chi connectivity index (χ2v) is 5.00. The van der Waals surface area contributed by atoms with Crippen molar-refractivity contribution in [2.45, 2.75) is 12.1 Å². The molecule has 0 heterocycles. The number of nitrogens with one attached hydrogen (secondary N) is 2. The largest absolute Gasteiger partial charge is 0.388 e. The average Bonchev–Trinajstić information content (AvgIpc) is 2.57. The van der Waals surface area contributed by atoms with Gasteiger partial charge in [0.25, 0.3) is 0 Å². The van der Waals surface area contributed by atoms with Crippen LogP contribution in [0.5, 0.6) is 0 Å². The van der Waals surface area contributed by atoms with Crippen molar-refractivity contribution in [1.29, 1.82) is 0 Å². The van der Waals surface area contributed by atoms with Gasteiger partial charge in [0, 0.05) is 19.8 Å². The van der Waals surface area contributed by atoms with Gasteiger partial charge in [0.1, 0.15) is 0 Å². The van der Waals surface area contributed by atoms with Crippen LogP contribution in [0.3, 0.4) is 0 Å². The Hall–Kier alpha value is -2.32. The van der Waals surface area contributed by atoms with Gasteiger partial charge in [-0.2, -0.15) is 0 Å². The molecule has 0 bridgehead atoms. The Kier molecular flexibility index (Phi) is 6.46. The molecule has 0 aliphatic heterocycles. The SMILES string of the molecule is CNC=C=CC(O)CNC(c1ccccc1)c1ccccc1. The van der Waals surface area contributed by atoms with Crippen LogP contribution in [0.1, 0.15) is 17.2 Å². The van der Waals surface area contributed by atoms with Crippen LogP contribution in [-0.2, 0) is 0 Å². The van der Waals surface area contributed by atoms with E-state index < -0.39 is 6.10 Å². The quantitative estimate of drug-likeness (QED) is 0.688. The first kappa shape index (κ1) is 16.1. The third-order valence-electron chi connectivity index (χ3n) is 3.31. The fraction of sp³-hybridized carbons (Fsp3) is 0.211. The van der Waals surface area contributed by atoms with Gasteiger partial charge in [-0.25, -0.2) is 0 Å².